The first-order valence-corrected chi connectivity index (χ1v) is 7.08. The maximum absolute atomic E-state index is 12.4. The van der Waals surface area contributed by atoms with Crippen LogP contribution in [0.3, 0.4) is 0 Å². The summed E-state index contributed by atoms with van der Waals surface area (Å²) < 4.78 is 1.22. The molecular weight excluding hydrogens is 318 g/mol. The van der Waals surface area contributed by atoms with Crippen LogP contribution in [0.1, 0.15) is 23.7 Å². The van der Waals surface area contributed by atoms with Crippen molar-refractivity contribution in [3.63, 3.8) is 0 Å². The second-order valence-electron chi connectivity index (χ2n) is 4.92. The van der Waals surface area contributed by atoms with Gasteiger partial charge < -0.3 is 10.0 Å². The van der Waals surface area contributed by atoms with Gasteiger partial charge in [0.15, 0.2) is 0 Å². The average Bonchev–Trinajstić information content (AvgIpc) is 3.07. The highest BCUT2D eigenvalue weighted by Gasteiger charge is 2.23. The molecule has 2 aromatic rings. The molecule has 24 heavy (non-hydrogen) atoms. The van der Waals surface area contributed by atoms with Crippen molar-refractivity contribution < 1.29 is 19.6 Å². The number of hydrogen-bond acceptors (Lipinski definition) is 6. The van der Waals surface area contributed by atoms with Crippen LogP contribution in [-0.4, -0.2) is 54.7 Å². The zero-order valence-corrected chi connectivity index (χ0v) is 12.8. The number of benzene rings is 1. The molecule has 2 rings (SSSR count). The molecule has 1 amide bonds. The Morgan fingerprint density at radius 3 is 2.71 bits per heavy atom. The maximum atomic E-state index is 12.4. The lowest BCUT2D eigenvalue weighted by Crippen LogP contribution is -2.36. The van der Waals surface area contributed by atoms with Gasteiger partial charge in [-0.15, -0.1) is 0 Å². The Morgan fingerprint density at radius 1 is 1.42 bits per heavy atom. The number of carboxylic acids is 1. The molecule has 10 nitrogen and oxygen atoms in total. The molecule has 1 aromatic heterocycles. The van der Waals surface area contributed by atoms with Crippen LogP contribution in [-0.2, 0) is 4.79 Å². The Balaban J connectivity index is 2.40. The molecule has 0 aliphatic carbocycles. The van der Waals surface area contributed by atoms with Gasteiger partial charge in [0.2, 0.25) is 0 Å². The smallest absolute Gasteiger partial charge is 0.323 e. The van der Waals surface area contributed by atoms with Crippen LogP contribution in [0, 0.1) is 10.1 Å². The van der Waals surface area contributed by atoms with Crippen LogP contribution in [0.2, 0.25) is 0 Å². The minimum Gasteiger partial charge on any atom is -0.480 e. The number of nitrogens with zero attached hydrogens (tertiary/aromatic N) is 5. The van der Waals surface area contributed by atoms with Gasteiger partial charge in [0, 0.05) is 18.2 Å². The topological polar surface area (TPSA) is 131 Å². The van der Waals surface area contributed by atoms with E-state index in [9.17, 15) is 19.7 Å². The van der Waals surface area contributed by atoms with Gasteiger partial charge in [-0.3, -0.25) is 19.7 Å². The summed E-state index contributed by atoms with van der Waals surface area (Å²) in [7, 11) is 0. The zero-order chi connectivity index (χ0) is 17.7. The van der Waals surface area contributed by atoms with Gasteiger partial charge in [-0.2, -0.15) is 5.10 Å². The molecule has 0 radical (unpaired) electrons. The number of rotatable bonds is 7. The van der Waals surface area contributed by atoms with Crippen molar-refractivity contribution in [1.29, 1.82) is 0 Å². The molecule has 0 aliphatic heterocycles. The summed E-state index contributed by atoms with van der Waals surface area (Å²) in [5, 5.41) is 24.0. The highest BCUT2D eigenvalue weighted by Crippen LogP contribution is 2.24. The highest BCUT2D eigenvalue weighted by atomic mass is 16.6. The lowest BCUT2D eigenvalue weighted by atomic mass is 10.1. The van der Waals surface area contributed by atoms with E-state index in [1.54, 1.807) is 6.92 Å². The first-order valence-electron chi connectivity index (χ1n) is 7.08. The van der Waals surface area contributed by atoms with Crippen molar-refractivity contribution in [1.82, 2.24) is 19.7 Å². The van der Waals surface area contributed by atoms with Crippen molar-refractivity contribution in [3.8, 4) is 5.69 Å². The van der Waals surface area contributed by atoms with Crippen LogP contribution >= 0.6 is 0 Å². The maximum Gasteiger partial charge on any atom is 0.323 e. The summed E-state index contributed by atoms with van der Waals surface area (Å²) in [6.45, 7) is 1.58. The first-order chi connectivity index (χ1) is 11.4. The summed E-state index contributed by atoms with van der Waals surface area (Å²) in [6.07, 6.45) is 3.11. The van der Waals surface area contributed by atoms with Gasteiger partial charge in [0.1, 0.15) is 24.9 Å². The number of carboxylic acid groups (broad SMARTS) is 1. The molecule has 0 unspecified atom stereocenters. The lowest BCUT2D eigenvalue weighted by Gasteiger charge is -2.20. The number of carbonyl (C=O) groups is 2. The Hall–Kier alpha value is -3.30. The molecule has 0 spiro atoms. The number of carbonyl (C=O) groups excluding carboxylic acids is 1. The highest BCUT2D eigenvalue weighted by molar-refractivity contribution is 5.96. The third kappa shape index (κ3) is 3.72. The van der Waals surface area contributed by atoms with Crippen LogP contribution in [0.5, 0.6) is 0 Å². The lowest BCUT2D eigenvalue weighted by molar-refractivity contribution is -0.384. The molecule has 1 aromatic carbocycles. The zero-order valence-electron chi connectivity index (χ0n) is 12.8. The minimum absolute atomic E-state index is 0.0419. The van der Waals surface area contributed by atoms with E-state index in [0.717, 1.165) is 11.0 Å². The Kier molecular flexibility index (Phi) is 5.20. The molecule has 0 bridgehead atoms. The second kappa shape index (κ2) is 7.31. The molecule has 0 atom stereocenters. The van der Waals surface area contributed by atoms with Gasteiger partial charge >= 0.3 is 5.97 Å². The summed E-state index contributed by atoms with van der Waals surface area (Å²) in [4.78, 5) is 38.9. The van der Waals surface area contributed by atoms with Gasteiger partial charge in [-0.05, 0) is 18.6 Å². The third-order valence-corrected chi connectivity index (χ3v) is 3.19. The predicted molar refractivity (Wildman–Crippen MR) is 81.8 cm³/mol. The van der Waals surface area contributed by atoms with Crippen LogP contribution < -0.4 is 0 Å². The molecule has 0 saturated heterocycles. The van der Waals surface area contributed by atoms with Crippen molar-refractivity contribution in [2.45, 2.75) is 13.3 Å². The summed E-state index contributed by atoms with van der Waals surface area (Å²) in [5.74, 6) is -1.72. The largest absolute Gasteiger partial charge is 0.480 e. The van der Waals surface area contributed by atoms with E-state index in [4.69, 9.17) is 5.11 Å². The van der Waals surface area contributed by atoms with E-state index in [1.165, 1.54) is 29.5 Å². The molecule has 1 heterocycles. The Labute approximate surface area is 136 Å². The number of aliphatic carboxylic acids is 1. The fourth-order valence-corrected chi connectivity index (χ4v) is 2.20. The summed E-state index contributed by atoms with van der Waals surface area (Å²) in [5.41, 5.74) is -0.118. The van der Waals surface area contributed by atoms with Crippen LogP contribution in [0.15, 0.2) is 30.9 Å². The van der Waals surface area contributed by atoms with Crippen LogP contribution in [0.4, 0.5) is 5.69 Å². The number of amides is 1. The normalized spacial score (nSPS) is 10.4. The Bertz CT molecular complexity index is 759. The van der Waals surface area contributed by atoms with Crippen molar-refractivity contribution in [2.24, 2.45) is 0 Å². The fraction of sp³-hybridized carbons (Fsp3) is 0.286. The van der Waals surface area contributed by atoms with E-state index in [1.807, 2.05) is 0 Å². The van der Waals surface area contributed by atoms with E-state index in [2.05, 4.69) is 10.1 Å². The van der Waals surface area contributed by atoms with Crippen molar-refractivity contribution >= 4 is 17.6 Å². The Morgan fingerprint density at radius 2 is 2.17 bits per heavy atom. The van der Waals surface area contributed by atoms with Crippen molar-refractivity contribution in [2.75, 3.05) is 13.1 Å². The second-order valence-corrected chi connectivity index (χ2v) is 4.92. The quantitative estimate of drug-likeness (QED) is 0.593. The van der Waals surface area contributed by atoms with E-state index < -0.39 is 23.3 Å². The summed E-state index contributed by atoms with van der Waals surface area (Å²) >= 11 is 0. The van der Waals surface area contributed by atoms with Crippen molar-refractivity contribution in [3.05, 3.63) is 46.5 Å². The van der Waals surface area contributed by atoms with Gasteiger partial charge in [-0.25, -0.2) is 9.67 Å². The third-order valence-electron chi connectivity index (χ3n) is 3.19. The van der Waals surface area contributed by atoms with Gasteiger partial charge in [0.25, 0.3) is 11.6 Å². The number of nitro groups is 1. The predicted octanol–water partition coefficient (Wildman–Crippen LogP) is 1.11. The van der Waals surface area contributed by atoms with E-state index >= 15 is 0 Å². The fourth-order valence-electron chi connectivity index (χ4n) is 2.20. The molecule has 0 saturated carbocycles. The standard InChI is InChI=1S/C14H15N5O5/c1-2-5-17(7-13(20)21)14(22)10-3-4-11(12(6-10)19(23)24)18-9-15-8-16-18/h3-4,6,8-9H,2,5,7H2,1H3,(H,20,21). The first kappa shape index (κ1) is 17.1. The molecular formula is C14H15N5O5. The minimum atomic E-state index is -1.15. The average molecular weight is 333 g/mol. The van der Waals surface area contributed by atoms with Crippen LogP contribution in [0.25, 0.3) is 5.69 Å². The van der Waals surface area contributed by atoms with Gasteiger partial charge in [0.05, 0.1) is 4.92 Å². The molecule has 0 aliphatic rings. The van der Waals surface area contributed by atoms with E-state index in [-0.39, 0.29) is 23.5 Å². The summed E-state index contributed by atoms with van der Waals surface area (Å²) in [6, 6.07) is 3.89. The number of hydrogen-bond donors (Lipinski definition) is 1. The SMILES string of the molecule is CCCN(CC(=O)O)C(=O)c1ccc(-n2cncn2)c([N+](=O)[O-])c1. The number of nitro benzene ring substituents is 1. The molecule has 126 valence electrons. The van der Waals surface area contributed by atoms with E-state index in [0.29, 0.717) is 6.42 Å². The molecule has 1 N–H and O–H groups in total. The monoisotopic (exact) mass is 333 g/mol. The molecule has 10 heteroatoms. The number of aromatic nitrogens is 3. The van der Waals surface area contributed by atoms with Gasteiger partial charge in [-0.1, -0.05) is 6.92 Å². The molecule has 0 fully saturated rings.